The molecule has 3 aromatic carbocycles. The average molecular weight is 443 g/mol. The molecule has 9 heteroatoms. The van der Waals surface area contributed by atoms with E-state index in [0.717, 1.165) is 16.8 Å². The number of rotatable bonds is 8. The number of nitro groups is 1. The number of non-ortho nitro benzene ring substituents is 1. The summed E-state index contributed by atoms with van der Waals surface area (Å²) in [4.78, 5) is 10.4. The highest BCUT2D eigenvalue weighted by Crippen LogP contribution is 2.33. The number of hydrazone groups is 1. The third kappa shape index (κ3) is 4.82. The van der Waals surface area contributed by atoms with E-state index < -0.39 is 4.92 Å². The van der Waals surface area contributed by atoms with Crippen molar-refractivity contribution in [3.05, 3.63) is 94.7 Å². The number of nitrogens with one attached hydrogen (secondary N) is 1. The molecule has 0 amide bonds. The standard InChI is InChI=1S/C24H21N5O4/c1-32-22-13-8-17(14-23(22)33-2)24-18(16-28(27-24)20-6-4-3-5-7-20)15-25-26-19-9-11-21(12-10-19)29(30)31/h3-16,26H,1-2H3/b25-15-. The van der Waals surface area contributed by atoms with Crippen molar-refractivity contribution in [1.82, 2.24) is 9.78 Å². The van der Waals surface area contributed by atoms with Gasteiger partial charge in [-0.1, -0.05) is 18.2 Å². The van der Waals surface area contributed by atoms with Gasteiger partial charge in [0, 0.05) is 29.5 Å². The van der Waals surface area contributed by atoms with E-state index in [9.17, 15) is 10.1 Å². The second-order valence-corrected chi connectivity index (χ2v) is 6.96. The lowest BCUT2D eigenvalue weighted by molar-refractivity contribution is -0.384. The SMILES string of the molecule is COc1ccc(-c2nn(-c3ccccc3)cc2/C=N\Nc2ccc([N+](=O)[O-])cc2)cc1OC. The van der Waals surface area contributed by atoms with E-state index in [-0.39, 0.29) is 5.69 Å². The summed E-state index contributed by atoms with van der Waals surface area (Å²) < 4.78 is 12.6. The van der Waals surface area contributed by atoms with Gasteiger partial charge in [-0.05, 0) is 42.5 Å². The molecule has 0 atom stereocenters. The Morgan fingerprint density at radius 3 is 2.39 bits per heavy atom. The monoisotopic (exact) mass is 443 g/mol. The van der Waals surface area contributed by atoms with Crippen LogP contribution in [0, 0.1) is 10.1 Å². The summed E-state index contributed by atoms with van der Waals surface area (Å²) in [7, 11) is 3.17. The molecular weight excluding hydrogens is 422 g/mol. The zero-order valence-corrected chi connectivity index (χ0v) is 18.0. The maximum Gasteiger partial charge on any atom is 0.269 e. The fourth-order valence-corrected chi connectivity index (χ4v) is 3.24. The molecule has 0 saturated heterocycles. The van der Waals surface area contributed by atoms with Crippen LogP contribution in [0.1, 0.15) is 5.56 Å². The Labute approximate surface area is 190 Å². The van der Waals surface area contributed by atoms with Gasteiger partial charge in [-0.25, -0.2) is 4.68 Å². The molecule has 0 saturated carbocycles. The maximum absolute atomic E-state index is 10.8. The van der Waals surface area contributed by atoms with Gasteiger partial charge in [0.1, 0.15) is 5.69 Å². The lowest BCUT2D eigenvalue weighted by Crippen LogP contribution is -1.95. The van der Waals surface area contributed by atoms with Crippen molar-refractivity contribution >= 4 is 17.6 Å². The number of anilines is 1. The predicted molar refractivity (Wildman–Crippen MR) is 126 cm³/mol. The topological polar surface area (TPSA) is 104 Å². The van der Waals surface area contributed by atoms with E-state index in [4.69, 9.17) is 14.6 Å². The minimum Gasteiger partial charge on any atom is -0.493 e. The minimum absolute atomic E-state index is 0.0180. The van der Waals surface area contributed by atoms with Crippen molar-refractivity contribution < 1.29 is 14.4 Å². The summed E-state index contributed by atoms with van der Waals surface area (Å²) >= 11 is 0. The molecule has 1 aromatic heterocycles. The molecule has 0 aliphatic carbocycles. The summed E-state index contributed by atoms with van der Waals surface area (Å²) in [6.45, 7) is 0. The van der Waals surface area contributed by atoms with Gasteiger partial charge >= 0.3 is 0 Å². The highest BCUT2D eigenvalue weighted by molar-refractivity contribution is 5.89. The Hall–Kier alpha value is -4.66. The van der Waals surface area contributed by atoms with E-state index >= 15 is 0 Å². The van der Waals surface area contributed by atoms with E-state index in [2.05, 4.69) is 10.5 Å². The number of hydrogen-bond acceptors (Lipinski definition) is 7. The molecule has 33 heavy (non-hydrogen) atoms. The quantitative estimate of drug-likeness (QED) is 0.236. The van der Waals surface area contributed by atoms with Crippen molar-refractivity contribution in [2.45, 2.75) is 0 Å². The van der Waals surface area contributed by atoms with Crippen LogP contribution in [0.2, 0.25) is 0 Å². The predicted octanol–water partition coefficient (Wildman–Crippen LogP) is 4.91. The maximum atomic E-state index is 10.8. The lowest BCUT2D eigenvalue weighted by Gasteiger charge is -2.09. The zero-order chi connectivity index (χ0) is 23.2. The van der Waals surface area contributed by atoms with Crippen LogP contribution in [0.3, 0.4) is 0 Å². The summed E-state index contributed by atoms with van der Waals surface area (Å²) in [6, 6.07) is 21.4. The molecule has 1 heterocycles. The molecule has 4 aromatic rings. The van der Waals surface area contributed by atoms with Crippen LogP contribution in [-0.4, -0.2) is 35.1 Å². The highest BCUT2D eigenvalue weighted by Gasteiger charge is 2.14. The van der Waals surface area contributed by atoms with Gasteiger partial charge in [-0.15, -0.1) is 0 Å². The van der Waals surface area contributed by atoms with Crippen LogP contribution in [0.25, 0.3) is 16.9 Å². The lowest BCUT2D eigenvalue weighted by atomic mass is 10.1. The van der Waals surface area contributed by atoms with Crippen LogP contribution >= 0.6 is 0 Å². The number of nitrogens with zero attached hydrogens (tertiary/aromatic N) is 4. The number of ether oxygens (including phenoxy) is 2. The van der Waals surface area contributed by atoms with Crippen LogP contribution in [-0.2, 0) is 0 Å². The summed E-state index contributed by atoms with van der Waals surface area (Å²) in [5.74, 6) is 1.22. The Bertz CT molecular complexity index is 1280. The molecule has 0 spiro atoms. The molecule has 0 fully saturated rings. The zero-order valence-electron chi connectivity index (χ0n) is 18.0. The van der Waals surface area contributed by atoms with Crippen LogP contribution in [0.5, 0.6) is 11.5 Å². The molecule has 4 rings (SSSR count). The molecule has 9 nitrogen and oxygen atoms in total. The van der Waals surface area contributed by atoms with Gasteiger partial charge in [0.15, 0.2) is 11.5 Å². The second kappa shape index (κ2) is 9.65. The van der Waals surface area contributed by atoms with E-state index in [1.807, 2.05) is 54.7 Å². The van der Waals surface area contributed by atoms with E-state index in [1.54, 1.807) is 37.2 Å². The molecule has 1 N–H and O–H groups in total. The third-order valence-corrected chi connectivity index (χ3v) is 4.90. The molecule has 0 aliphatic heterocycles. The Kier molecular flexibility index (Phi) is 6.31. The van der Waals surface area contributed by atoms with Gasteiger partial charge in [0.2, 0.25) is 0 Å². The first-order valence-electron chi connectivity index (χ1n) is 10.00. The Balaban J connectivity index is 1.68. The molecule has 0 bridgehead atoms. The number of methoxy groups -OCH3 is 2. The second-order valence-electron chi connectivity index (χ2n) is 6.96. The van der Waals surface area contributed by atoms with Crippen LogP contribution < -0.4 is 14.9 Å². The molecule has 0 unspecified atom stereocenters. The third-order valence-electron chi connectivity index (χ3n) is 4.90. The van der Waals surface area contributed by atoms with Crippen LogP contribution in [0.15, 0.2) is 84.1 Å². The largest absolute Gasteiger partial charge is 0.493 e. The van der Waals surface area contributed by atoms with Gasteiger partial charge in [0.05, 0.1) is 36.7 Å². The van der Waals surface area contributed by atoms with Crippen molar-refractivity contribution in [3.63, 3.8) is 0 Å². The smallest absolute Gasteiger partial charge is 0.269 e. The number of para-hydroxylation sites is 1. The number of nitro benzene ring substituents is 1. The van der Waals surface area contributed by atoms with Crippen molar-refractivity contribution in [2.75, 3.05) is 19.6 Å². The summed E-state index contributed by atoms with van der Waals surface area (Å²) in [5, 5.41) is 19.9. The van der Waals surface area contributed by atoms with Gasteiger partial charge < -0.3 is 9.47 Å². The summed E-state index contributed by atoms with van der Waals surface area (Å²) in [6.07, 6.45) is 3.53. The Morgan fingerprint density at radius 1 is 1.00 bits per heavy atom. The van der Waals surface area contributed by atoms with Crippen molar-refractivity contribution in [2.24, 2.45) is 5.10 Å². The van der Waals surface area contributed by atoms with E-state index in [0.29, 0.717) is 22.9 Å². The average Bonchev–Trinajstić information content (AvgIpc) is 3.28. The number of hydrogen-bond donors (Lipinski definition) is 1. The normalized spacial score (nSPS) is 10.8. The van der Waals surface area contributed by atoms with E-state index in [1.165, 1.54) is 12.1 Å². The van der Waals surface area contributed by atoms with Crippen molar-refractivity contribution in [3.8, 4) is 28.4 Å². The minimum atomic E-state index is -0.444. The first-order chi connectivity index (χ1) is 16.1. The molecular formula is C24H21N5O4. The van der Waals surface area contributed by atoms with Crippen LogP contribution in [0.4, 0.5) is 11.4 Å². The van der Waals surface area contributed by atoms with Gasteiger partial charge in [0.25, 0.3) is 5.69 Å². The molecule has 0 radical (unpaired) electrons. The highest BCUT2D eigenvalue weighted by atomic mass is 16.6. The summed E-state index contributed by atoms with van der Waals surface area (Å²) in [5.41, 5.74) is 6.74. The number of benzene rings is 3. The molecule has 0 aliphatic rings. The first-order valence-corrected chi connectivity index (χ1v) is 10.00. The molecule has 166 valence electrons. The fraction of sp³-hybridized carbons (Fsp3) is 0.0833. The van der Waals surface area contributed by atoms with Gasteiger partial charge in [-0.3, -0.25) is 15.5 Å². The Morgan fingerprint density at radius 2 is 1.73 bits per heavy atom. The van der Waals surface area contributed by atoms with Gasteiger partial charge in [-0.2, -0.15) is 10.2 Å². The van der Waals surface area contributed by atoms with Crippen molar-refractivity contribution in [1.29, 1.82) is 0 Å². The number of aromatic nitrogens is 2. The fourth-order valence-electron chi connectivity index (χ4n) is 3.24. The first kappa shape index (κ1) is 21.6.